The van der Waals surface area contributed by atoms with Crippen molar-refractivity contribution in [1.82, 2.24) is 4.57 Å². The second-order valence-corrected chi connectivity index (χ2v) is 6.02. The molecule has 1 N–H and O–H groups in total. The molecule has 0 unspecified atom stereocenters. The third kappa shape index (κ3) is 3.31. The van der Waals surface area contributed by atoms with Gasteiger partial charge in [-0.05, 0) is 31.0 Å². The molecule has 0 bridgehead atoms. The Morgan fingerprint density at radius 3 is 2.44 bits per heavy atom. The number of fused-ring (bicyclic) bond motifs is 1. The van der Waals surface area contributed by atoms with Crippen molar-refractivity contribution in [3.05, 3.63) is 53.7 Å². The monoisotopic (exact) mass is 338 g/mol. The average molecular weight is 338 g/mol. The van der Waals surface area contributed by atoms with Crippen LogP contribution < -0.4 is 14.8 Å². The molecule has 0 atom stereocenters. The molecule has 3 aromatic rings. The minimum atomic E-state index is -0.0725. The maximum absolute atomic E-state index is 12.5. The van der Waals surface area contributed by atoms with Crippen molar-refractivity contribution in [3.8, 4) is 11.5 Å². The van der Waals surface area contributed by atoms with Crippen molar-refractivity contribution in [2.75, 3.05) is 19.5 Å². The van der Waals surface area contributed by atoms with Gasteiger partial charge < -0.3 is 19.4 Å². The first-order valence-electron chi connectivity index (χ1n) is 8.10. The Kier molecular flexibility index (Phi) is 4.65. The predicted molar refractivity (Wildman–Crippen MR) is 99.6 cm³/mol. The van der Waals surface area contributed by atoms with Gasteiger partial charge in [-0.1, -0.05) is 18.2 Å². The quantitative estimate of drug-likeness (QED) is 0.767. The fraction of sp³-hybridized carbons (Fsp3) is 0.250. The van der Waals surface area contributed by atoms with E-state index in [1.54, 1.807) is 14.2 Å². The van der Waals surface area contributed by atoms with E-state index in [4.69, 9.17) is 9.47 Å². The third-order valence-electron chi connectivity index (χ3n) is 4.34. The fourth-order valence-corrected chi connectivity index (χ4v) is 3.01. The van der Waals surface area contributed by atoms with Gasteiger partial charge in [0, 0.05) is 29.4 Å². The summed E-state index contributed by atoms with van der Waals surface area (Å²) in [5.41, 5.74) is 3.87. The molecule has 0 saturated heterocycles. The van der Waals surface area contributed by atoms with E-state index >= 15 is 0 Å². The van der Waals surface area contributed by atoms with Crippen LogP contribution in [0.5, 0.6) is 11.5 Å². The summed E-state index contributed by atoms with van der Waals surface area (Å²) in [6.07, 6.45) is 1.89. The van der Waals surface area contributed by atoms with E-state index in [2.05, 4.69) is 5.32 Å². The largest absolute Gasteiger partial charge is 0.497 e. The highest BCUT2D eigenvalue weighted by atomic mass is 16.5. The molecule has 0 fully saturated rings. The summed E-state index contributed by atoms with van der Waals surface area (Å²) in [7, 11) is 3.24. The van der Waals surface area contributed by atoms with Crippen LogP contribution in [0.2, 0.25) is 0 Å². The number of ether oxygens (including phenoxy) is 2. The minimum absolute atomic E-state index is 0.0725. The van der Waals surface area contributed by atoms with E-state index in [0.717, 1.165) is 33.5 Å². The zero-order chi connectivity index (χ0) is 18.0. The standard InChI is InChI=1S/C20H22N2O3/c1-13-6-5-7-14(2)20(13)21-19(23)12-22-9-8-16-17(22)10-15(24-3)11-18(16)25-4/h5-11H,12H2,1-4H3,(H,21,23). The summed E-state index contributed by atoms with van der Waals surface area (Å²) >= 11 is 0. The topological polar surface area (TPSA) is 52.5 Å². The molecular formula is C20H22N2O3. The molecule has 0 aliphatic heterocycles. The van der Waals surface area contributed by atoms with Gasteiger partial charge in [0.15, 0.2) is 0 Å². The molecule has 25 heavy (non-hydrogen) atoms. The van der Waals surface area contributed by atoms with E-state index in [1.807, 2.05) is 61.0 Å². The Balaban J connectivity index is 1.89. The maximum atomic E-state index is 12.5. The summed E-state index contributed by atoms with van der Waals surface area (Å²) in [6, 6.07) is 11.7. The summed E-state index contributed by atoms with van der Waals surface area (Å²) in [4.78, 5) is 12.5. The SMILES string of the molecule is COc1cc(OC)c2ccn(CC(=O)Nc3c(C)cccc3C)c2c1. The van der Waals surface area contributed by atoms with Crippen molar-refractivity contribution < 1.29 is 14.3 Å². The van der Waals surface area contributed by atoms with Crippen molar-refractivity contribution >= 4 is 22.5 Å². The molecule has 0 saturated carbocycles. The van der Waals surface area contributed by atoms with Gasteiger partial charge in [-0.25, -0.2) is 0 Å². The number of nitrogens with zero attached hydrogens (tertiary/aromatic N) is 1. The molecule has 0 aliphatic carbocycles. The second-order valence-electron chi connectivity index (χ2n) is 6.02. The summed E-state index contributed by atoms with van der Waals surface area (Å²) in [5.74, 6) is 1.35. The van der Waals surface area contributed by atoms with Gasteiger partial charge in [-0.2, -0.15) is 0 Å². The molecule has 5 nitrogen and oxygen atoms in total. The highest BCUT2D eigenvalue weighted by Gasteiger charge is 2.13. The van der Waals surface area contributed by atoms with Crippen molar-refractivity contribution in [1.29, 1.82) is 0 Å². The molecular weight excluding hydrogens is 316 g/mol. The van der Waals surface area contributed by atoms with Crippen LogP contribution >= 0.6 is 0 Å². The van der Waals surface area contributed by atoms with Crippen LogP contribution in [0.3, 0.4) is 0 Å². The van der Waals surface area contributed by atoms with Crippen LogP contribution in [0.4, 0.5) is 5.69 Å². The van der Waals surface area contributed by atoms with Gasteiger partial charge in [0.1, 0.15) is 18.0 Å². The van der Waals surface area contributed by atoms with Crippen LogP contribution in [-0.4, -0.2) is 24.7 Å². The lowest BCUT2D eigenvalue weighted by Crippen LogP contribution is -2.19. The number of hydrogen-bond acceptors (Lipinski definition) is 3. The summed E-state index contributed by atoms with van der Waals surface area (Å²) in [6.45, 7) is 4.19. The number of benzene rings is 2. The van der Waals surface area contributed by atoms with Crippen molar-refractivity contribution in [3.63, 3.8) is 0 Å². The maximum Gasteiger partial charge on any atom is 0.244 e. The average Bonchev–Trinajstić information content (AvgIpc) is 3.00. The Bertz CT molecular complexity index is 908. The van der Waals surface area contributed by atoms with Crippen LogP contribution in [-0.2, 0) is 11.3 Å². The van der Waals surface area contributed by atoms with Crippen molar-refractivity contribution in [2.45, 2.75) is 20.4 Å². The predicted octanol–water partition coefficient (Wildman–Crippen LogP) is 3.91. The first-order chi connectivity index (χ1) is 12.0. The lowest BCUT2D eigenvalue weighted by Gasteiger charge is -2.13. The minimum Gasteiger partial charge on any atom is -0.497 e. The molecule has 0 spiro atoms. The Morgan fingerprint density at radius 1 is 1.08 bits per heavy atom. The molecule has 0 radical (unpaired) electrons. The number of rotatable bonds is 5. The number of para-hydroxylation sites is 1. The zero-order valence-electron chi connectivity index (χ0n) is 14.9. The first kappa shape index (κ1) is 16.9. The third-order valence-corrected chi connectivity index (χ3v) is 4.34. The number of nitrogens with one attached hydrogen (secondary N) is 1. The summed E-state index contributed by atoms with van der Waals surface area (Å²) < 4.78 is 12.6. The molecule has 1 heterocycles. The zero-order valence-corrected chi connectivity index (χ0v) is 14.9. The van der Waals surface area contributed by atoms with Gasteiger partial charge in [-0.3, -0.25) is 4.79 Å². The number of hydrogen-bond donors (Lipinski definition) is 1. The van der Waals surface area contributed by atoms with Gasteiger partial charge in [0.2, 0.25) is 5.91 Å². The van der Waals surface area contributed by atoms with Gasteiger partial charge in [-0.15, -0.1) is 0 Å². The highest BCUT2D eigenvalue weighted by Crippen LogP contribution is 2.32. The van der Waals surface area contributed by atoms with Crippen LogP contribution in [0.15, 0.2) is 42.6 Å². The number of carbonyl (C=O) groups excluding carboxylic acids is 1. The molecule has 0 aliphatic rings. The van der Waals surface area contributed by atoms with Crippen LogP contribution in [0, 0.1) is 13.8 Å². The molecule has 1 amide bonds. The van der Waals surface area contributed by atoms with Gasteiger partial charge in [0.25, 0.3) is 0 Å². The van der Waals surface area contributed by atoms with E-state index in [-0.39, 0.29) is 12.5 Å². The molecule has 2 aromatic carbocycles. The number of anilines is 1. The van der Waals surface area contributed by atoms with Crippen LogP contribution in [0.1, 0.15) is 11.1 Å². The lowest BCUT2D eigenvalue weighted by atomic mass is 10.1. The highest BCUT2D eigenvalue weighted by molar-refractivity contribution is 5.94. The number of aryl methyl sites for hydroxylation is 2. The molecule has 5 heteroatoms. The summed E-state index contributed by atoms with van der Waals surface area (Å²) in [5, 5.41) is 3.96. The smallest absolute Gasteiger partial charge is 0.244 e. The van der Waals surface area contributed by atoms with E-state index in [1.165, 1.54) is 0 Å². The number of amides is 1. The van der Waals surface area contributed by atoms with Gasteiger partial charge >= 0.3 is 0 Å². The second kappa shape index (κ2) is 6.89. The van der Waals surface area contributed by atoms with E-state index in [9.17, 15) is 4.79 Å². The number of methoxy groups -OCH3 is 2. The van der Waals surface area contributed by atoms with E-state index < -0.39 is 0 Å². The van der Waals surface area contributed by atoms with Crippen molar-refractivity contribution in [2.24, 2.45) is 0 Å². The number of carbonyl (C=O) groups is 1. The lowest BCUT2D eigenvalue weighted by molar-refractivity contribution is -0.116. The Labute approximate surface area is 147 Å². The normalized spacial score (nSPS) is 10.7. The Hall–Kier alpha value is -2.95. The molecule has 130 valence electrons. The first-order valence-corrected chi connectivity index (χ1v) is 8.10. The van der Waals surface area contributed by atoms with Gasteiger partial charge in [0.05, 0.1) is 19.7 Å². The Morgan fingerprint density at radius 2 is 1.80 bits per heavy atom. The molecule has 3 rings (SSSR count). The fourth-order valence-electron chi connectivity index (χ4n) is 3.01. The number of aromatic nitrogens is 1. The van der Waals surface area contributed by atoms with Crippen LogP contribution in [0.25, 0.3) is 10.9 Å². The molecule has 1 aromatic heterocycles. The van der Waals surface area contributed by atoms with E-state index in [0.29, 0.717) is 5.75 Å².